The third-order valence-corrected chi connectivity index (χ3v) is 4.46. The Labute approximate surface area is 161 Å². The van der Waals surface area contributed by atoms with Gasteiger partial charge in [0.05, 0.1) is 12.5 Å². The number of alkyl halides is 3. The van der Waals surface area contributed by atoms with E-state index in [2.05, 4.69) is 4.74 Å². The van der Waals surface area contributed by atoms with E-state index in [-0.39, 0.29) is 17.5 Å². The molecular weight excluding hydrogens is 375 g/mol. The van der Waals surface area contributed by atoms with E-state index in [4.69, 9.17) is 0 Å². The van der Waals surface area contributed by atoms with Crippen molar-refractivity contribution >= 4 is 11.7 Å². The molecule has 1 atom stereocenters. The van der Waals surface area contributed by atoms with Crippen molar-refractivity contribution in [2.75, 3.05) is 13.7 Å². The Balaban J connectivity index is 2.17. The molecule has 0 amide bonds. The zero-order valence-electron chi connectivity index (χ0n) is 15.8. The molecular formula is C22H23F5O. The van der Waals surface area contributed by atoms with Gasteiger partial charge in [0.15, 0.2) is 11.7 Å². The largest absolute Gasteiger partial charge is 0.394 e. The Hall–Kier alpha value is -2.21. The molecule has 0 fully saturated rings. The molecule has 1 unspecified atom stereocenters. The molecule has 28 heavy (non-hydrogen) atoms. The van der Waals surface area contributed by atoms with Crippen LogP contribution in [-0.2, 0) is 17.6 Å². The molecule has 6 heteroatoms. The van der Waals surface area contributed by atoms with E-state index in [1.54, 1.807) is 12.1 Å². The molecule has 0 spiro atoms. The highest BCUT2D eigenvalue weighted by molar-refractivity contribution is 5.83. The summed E-state index contributed by atoms with van der Waals surface area (Å²) in [4.78, 5) is 0. The lowest BCUT2D eigenvalue weighted by molar-refractivity contribution is -0.185. The molecule has 0 aliphatic heterocycles. The van der Waals surface area contributed by atoms with Crippen molar-refractivity contribution in [3.8, 4) is 0 Å². The van der Waals surface area contributed by atoms with Crippen LogP contribution in [0.2, 0.25) is 0 Å². The van der Waals surface area contributed by atoms with E-state index >= 15 is 0 Å². The highest BCUT2D eigenvalue weighted by Crippen LogP contribution is 2.32. The Bertz CT molecular complexity index is 776. The summed E-state index contributed by atoms with van der Waals surface area (Å²) in [5.74, 6) is -3.69. The predicted molar refractivity (Wildman–Crippen MR) is 101 cm³/mol. The van der Waals surface area contributed by atoms with E-state index in [0.717, 1.165) is 18.4 Å². The summed E-state index contributed by atoms with van der Waals surface area (Å²) < 4.78 is 72.5. The van der Waals surface area contributed by atoms with Crippen LogP contribution in [0, 0.1) is 5.92 Å². The Morgan fingerprint density at radius 3 is 1.71 bits per heavy atom. The smallest absolute Gasteiger partial charge is 0.384 e. The summed E-state index contributed by atoms with van der Waals surface area (Å²) >= 11 is 0. The van der Waals surface area contributed by atoms with E-state index < -0.39 is 30.4 Å². The second-order valence-electron chi connectivity index (χ2n) is 6.67. The van der Waals surface area contributed by atoms with Gasteiger partial charge < -0.3 is 4.74 Å². The second kappa shape index (κ2) is 9.82. The summed E-state index contributed by atoms with van der Waals surface area (Å²) in [7, 11) is 1.21. The fraction of sp³-hybridized carbons (Fsp3) is 0.364. The molecule has 0 bridgehead atoms. The van der Waals surface area contributed by atoms with Crippen molar-refractivity contribution in [1.82, 2.24) is 0 Å². The lowest BCUT2D eigenvalue weighted by Gasteiger charge is -2.19. The van der Waals surface area contributed by atoms with Crippen molar-refractivity contribution in [1.29, 1.82) is 0 Å². The molecule has 0 saturated heterocycles. The van der Waals surface area contributed by atoms with Crippen LogP contribution >= 0.6 is 0 Å². The van der Waals surface area contributed by atoms with Gasteiger partial charge in [-0.15, -0.1) is 0 Å². The molecule has 0 aliphatic rings. The molecule has 0 aromatic heterocycles. The third-order valence-electron chi connectivity index (χ3n) is 4.46. The highest BCUT2D eigenvalue weighted by Gasteiger charge is 2.39. The van der Waals surface area contributed by atoms with Crippen LogP contribution < -0.4 is 0 Å². The van der Waals surface area contributed by atoms with Gasteiger partial charge in [-0.2, -0.15) is 13.2 Å². The van der Waals surface area contributed by atoms with Crippen LogP contribution in [0.3, 0.4) is 0 Å². The van der Waals surface area contributed by atoms with Crippen LogP contribution in [0.15, 0.2) is 48.5 Å². The van der Waals surface area contributed by atoms with Gasteiger partial charge in [-0.05, 0) is 24.0 Å². The second-order valence-corrected chi connectivity index (χ2v) is 6.67. The SMILES string of the molecule is CCCc1ccc(/C(F)=C(/F)c2ccc(CC(COC)C(F)(F)F)cc2)cc1. The zero-order chi connectivity index (χ0) is 20.7. The van der Waals surface area contributed by atoms with Crippen molar-refractivity contribution in [3.05, 3.63) is 70.8 Å². The van der Waals surface area contributed by atoms with Gasteiger partial charge in [0.1, 0.15) is 0 Å². The van der Waals surface area contributed by atoms with Crippen LogP contribution in [0.1, 0.15) is 35.6 Å². The molecule has 0 aliphatic carbocycles. The van der Waals surface area contributed by atoms with Crippen LogP contribution in [0.4, 0.5) is 22.0 Å². The Kier molecular flexibility index (Phi) is 7.75. The highest BCUT2D eigenvalue weighted by atomic mass is 19.4. The molecule has 0 N–H and O–H groups in total. The lowest BCUT2D eigenvalue weighted by Crippen LogP contribution is -2.29. The Morgan fingerprint density at radius 2 is 1.32 bits per heavy atom. The summed E-state index contributed by atoms with van der Waals surface area (Å²) in [6.45, 7) is 1.58. The standard InChI is InChI=1S/C22H23F5O/c1-3-4-15-5-9-17(10-6-15)20(23)21(24)18-11-7-16(8-12-18)13-19(14-28-2)22(25,26)27/h5-12,19H,3-4,13-14H2,1-2H3/b21-20-. The predicted octanol–water partition coefficient (Wildman–Crippen LogP) is 6.77. The molecule has 2 aromatic carbocycles. The quantitative estimate of drug-likeness (QED) is 0.352. The third kappa shape index (κ3) is 5.89. The summed E-state index contributed by atoms with van der Waals surface area (Å²) in [6.07, 6.45) is -2.87. The fourth-order valence-corrected chi connectivity index (χ4v) is 2.90. The summed E-state index contributed by atoms with van der Waals surface area (Å²) in [6, 6.07) is 11.9. The zero-order valence-corrected chi connectivity index (χ0v) is 15.8. The van der Waals surface area contributed by atoms with E-state index in [1.807, 2.05) is 6.92 Å². The monoisotopic (exact) mass is 398 g/mol. The number of hydrogen-bond donors (Lipinski definition) is 0. The molecule has 2 aromatic rings. The maximum absolute atomic E-state index is 14.5. The number of hydrogen-bond acceptors (Lipinski definition) is 1. The number of benzene rings is 2. The average Bonchev–Trinajstić information content (AvgIpc) is 2.67. The summed E-state index contributed by atoms with van der Waals surface area (Å²) in [5, 5.41) is 0. The number of halogens is 5. The molecule has 0 radical (unpaired) electrons. The van der Waals surface area contributed by atoms with Gasteiger partial charge in [0.25, 0.3) is 0 Å². The molecule has 2 rings (SSSR count). The fourth-order valence-electron chi connectivity index (χ4n) is 2.90. The minimum absolute atomic E-state index is 0.0193. The first kappa shape index (κ1) is 22.1. The first-order chi connectivity index (χ1) is 13.3. The topological polar surface area (TPSA) is 9.23 Å². The van der Waals surface area contributed by atoms with Gasteiger partial charge in [0.2, 0.25) is 0 Å². The van der Waals surface area contributed by atoms with Gasteiger partial charge >= 0.3 is 6.18 Å². The van der Waals surface area contributed by atoms with Gasteiger partial charge in [-0.25, -0.2) is 8.78 Å². The first-order valence-electron chi connectivity index (χ1n) is 9.05. The maximum Gasteiger partial charge on any atom is 0.394 e. The molecule has 0 heterocycles. The Morgan fingerprint density at radius 1 is 0.857 bits per heavy atom. The van der Waals surface area contributed by atoms with Crippen molar-refractivity contribution < 1.29 is 26.7 Å². The van der Waals surface area contributed by atoms with Crippen molar-refractivity contribution in [3.63, 3.8) is 0 Å². The van der Waals surface area contributed by atoms with E-state index in [9.17, 15) is 22.0 Å². The summed E-state index contributed by atoms with van der Waals surface area (Å²) in [5.41, 5.74) is 1.52. The van der Waals surface area contributed by atoms with Crippen molar-refractivity contribution in [2.24, 2.45) is 5.92 Å². The first-order valence-corrected chi connectivity index (χ1v) is 9.05. The van der Waals surface area contributed by atoms with E-state index in [0.29, 0.717) is 5.56 Å². The van der Waals surface area contributed by atoms with Crippen LogP contribution in [-0.4, -0.2) is 19.9 Å². The van der Waals surface area contributed by atoms with Gasteiger partial charge in [-0.1, -0.05) is 61.9 Å². The molecule has 152 valence electrons. The normalized spacial score (nSPS) is 14.0. The number of ether oxygens (including phenoxy) is 1. The van der Waals surface area contributed by atoms with Gasteiger partial charge in [0, 0.05) is 18.2 Å². The van der Waals surface area contributed by atoms with Crippen LogP contribution in [0.25, 0.3) is 11.7 Å². The van der Waals surface area contributed by atoms with Crippen molar-refractivity contribution in [2.45, 2.75) is 32.4 Å². The maximum atomic E-state index is 14.5. The number of aryl methyl sites for hydroxylation is 1. The van der Waals surface area contributed by atoms with Gasteiger partial charge in [-0.3, -0.25) is 0 Å². The number of methoxy groups -OCH3 is 1. The minimum atomic E-state index is -4.39. The van der Waals surface area contributed by atoms with E-state index in [1.165, 1.54) is 43.5 Å². The minimum Gasteiger partial charge on any atom is -0.384 e. The van der Waals surface area contributed by atoms with Crippen LogP contribution in [0.5, 0.6) is 0 Å². The lowest BCUT2D eigenvalue weighted by atomic mass is 9.98. The number of rotatable bonds is 8. The molecule has 0 saturated carbocycles. The molecule has 1 nitrogen and oxygen atoms in total. The average molecular weight is 398 g/mol.